The molecule has 0 aliphatic carbocycles. The minimum absolute atomic E-state index is 0.617. The number of hydrogen-bond donors (Lipinski definition) is 0. The second kappa shape index (κ2) is 5.36. The number of aryl methyl sites for hydroxylation is 2. The van der Waals surface area contributed by atoms with E-state index in [4.69, 9.17) is 4.74 Å². The maximum atomic E-state index is 5.20. The van der Waals surface area contributed by atoms with E-state index in [-0.39, 0.29) is 0 Å². The lowest BCUT2D eigenvalue weighted by Crippen LogP contribution is -1.98. The van der Waals surface area contributed by atoms with Crippen LogP contribution in [0.4, 0.5) is 0 Å². The van der Waals surface area contributed by atoms with Gasteiger partial charge in [-0.3, -0.25) is 0 Å². The fourth-order valence-corrected chi connectivity index (χ4v) is 2.25. The van der Waals surface area contributed by atoms with Crippen LogP contribution in [0, 0.1) is 13.8 Å². The topological polar surface area (TPSA) is 52.8 Å². The molecule has 106 valence electrons. The molecule has 0 saturated carbocycles. The zero-order chi connectivity index (χ0) is 14.8. The lowest BCUT2D eigenvalue weighted by atomic mass is 10.0. The second-order valence-electron chi connectivity index (χ2n) is 4.88. The molecular formula is C16H16N4O. The molecule has 3 aromatic rings. The molecule has 2 aromatic heterocycles. The summed E-state index contributed by atoms with van der Waals surface area (Å²) in [6.07, 6.45) is 3.56. The average Bonchev–Trinajstić information content (AvgIpc) is 2.94. The molecular weight excluding hydrogens is 264 g/mol. The molecule has 0 radical (unpaired) electrons. The zero-order valence-electron chi connectivity index (χ0n) is 12.2. The molecule has 5 heteroatoms. The molecule has 2 heterocycles. The lowest BCUT2D eigenvalue weighted by Gasteiger charge is -2.09. The van der Waals surface area contributed by atoms with Crippen LogP contribution in [0.2, 0.25) is 0 Å². The molecule has 0 fully saturated rings. The Hall–Kier alpha value is -2.69. The number of rotatable bonds is 3. The lowest BCUT2D eigenvalue weighted by molar-refractivity contribution is 0.398. The first-order valence-electron chi connectivity index (χ1n) is 6.68. The highest BCUT2D eigenvalue weighted by molar-refractivity contribution is 5.68. The first-order chi connectivity index (χ1) is 10.2. The Morgan fingerprint density at radius 3 is 2.43 bits per heavy atom. The van der Waals surface area contributed by atoms with Crippen LogP contribution in [0.5, 0.6) is 5.88 Å². The van der Waals surface area contributed by atoms with E-state index in [1.165, 1.54) is 0 Å². The number of nitrogens with zero attached hydrogens (tertiary/aromatic N) is 4. The molecule has 21 heavy (non-hydrogen) atoms. The number of ether oxygens (including phenoxy) is 1. The molecule has 0 atom stereocenters. The SMILES string of the molecule is COc1cc(-c2ccc(-n3nncc3C)cc2)c(C)cn1. The van der Waals surface area contributed by atoms with Crippen molar-refractivity contribution in [2.45, 2.75) is 13.8 Å². The molecule has 0 aliphatic rings. The van der Waals surface area contributed by atoms with Crippen LogP contribution < -0.4 is 4.74 Å². The first kappa shape index (κ1) is 13.3. The number of methoxy groups -OCH3 is 1. The van der Waals surface area contributed by atoms with Crippen molar-refractivity contribution >= 4 is 0 Å². The summed E-state index contributed by atoms with van der Waals surface area (Å²) >= 11 is 0. The predicted octanol–water partition coefficient (Wildman–Crippen LogP) is 2.95. The third-order valence-corrected chi connectivity index (χ3v) is 3.43. The van der Waals surface area contributed by atoms with E-state index in [1.54, 1.807) is 13.3 Å². The summed E-state index contributed by atoms with van der Waals surface area (Å²) in [4.78, 5) is 4.21. The van der Waals surface area contributed by atoms with Crippen LogP contribution in [0.3, 0.4) is 0 Å². The minimum Gasteiger partial charge on any atom is -0.481 e. The van der Waals surface area contributed by atoms with Crippen LogP contribution in [-0.4, -0.2) is 27.1 Å². The van der Waals surface area contributed by atoms with Gasteiger partial charge in [-0.05, 0) is 42.7 Å². The Labute approximate surface area is 123 Å². The monoisotopic (exact) mass is 280 g/mol. The maximum Gasteiger partial charge on any atom is 0.213 e. The largest absolute Gasteiger partial charge is 0.481 e. The molecule has 0 bridgehead atoms. The van der Waals surface area contributed by atoms with E-state index < -0.39 is 0 Å². The van der Waals surface area contributed by atoms with Crippen molar-refractivity contribution in [1.82, 2.24) is 20.0 Å². The Bertz CT molecular complexity index is 762. The Balaban J connectivity index is 2.00. The van der Waals surface area contributed by atoms with E-state index in [9.17, 15) is 0 Å². The molecule has 0 spiro atoms. The highest BCUT2D eigenvalue weighted by atomic mass is 16.5. The zero-order valence-corrected chi connectivity index (χ0v) is 12.2. The summed E-state index contributed by atoms with van der Waals surface area (Å²) in [5.41, 5.74) is 5.34. The highest BCUT2D eigenvalue weighted by Gasteiger charge is 2.07. The van der Waals surface area contributed by atoms with Gasteiger partial charge in [-0.15, -0.1) is 5.10 Å². The Morgan fingerprint density at radius 2 is 1.81 bits per heavy atom. The normalized spacial score (nSPS) is 10.6. The van der Waals surface area contributed by atoms with Crippen molar-refractivity contribution in [3.63, 3.8) is 0 Å². The van der Waals surface area contributed by atoms with Crippen LogP contribution >= 0.6 is 0 Å². The van der Waals surface area contributed by atoms with E-state index >= 15 is 0 Å². The van der Waals surface area contributed by atoms with Gasteiger partial charge in [0.2, 0.25) is 5.88 Å². The average molecular weight is 280 g/mol. The van der Waals surface area contributed by atoms with Crippen molar-refractivity contribution in [2.75, 3.05) is 7.11 Å². The van der Waals surface area contributed by atoms with Gasteiger partial charge in [-0.2, -0.15) is 0 Å². The highest BCUT2D eigenvalue weighted by Crippen LogP contribution is 2.26. The summed E-state index contributed by atoms with van der Waals surface area (Å²) in [7, 11) is 1.62. The van der Waals surface area contributed by atoms with Crippen molar-refractivity contribution in [3.8, 4) is 22.7 Å². The van der Waals surface area contributed by atoms with E-state index in [0.29, 0.717) is 5.88 Å². The van der Waals surface area contributed by atoms with E-state index in [0.717, 1.165) is 28.1 Å². The minimum atomic E-state index is 0.617. The van der Waals surface area contributed by atoms with Crippen molar-refractivity contribution in [2.24, 2.45) is 0 Å². The van der Waals surface area contributed by atoms with Crippen molar-refractivity contribution in [1.29, 1.82) is 0 Å². The maximum absolute atomic E-state index is 5.20. The van der Waals surface area contributed by atoms with Crippen LogP contribution in [0.15, 0.2) is 42.7 Å². The summed E-state index contributed by atoms with van der Waals surface area (Å²) in [6, 6.07) is 10.1. The summed E-state index contributed by atoms with van der Waals surface area (Å²) in [6.45, 7) is 4.02. The quantitative estimate of drug-likeness (QED) is 0.740. The predicted molar refractivity (Wildman–Crippen MR) is 80.6 cm³/mol. The smallest absolute Gasteiger partial charge is 0.213 e. The van der Waals surface area contributed by atoms with Gasteiger partial charge in [-0.1, -0.05) is 17.3 Å². The fraction of sp³-hybridized carbons (Fsp3) is 0.188. The summed E-state index contributed by atoms with van der Waals surface area (Å²) in [5.74, 6) is 0.617. The molecule has 5 nitrogen and oxygen atoms in total. The molecule has 0 unspecified atom stereocenters. The standard InChI is InChI=1S/C16H16N4O/c1-11-9-17-16(21-3)8-15(11)13-4-6-14(7-5-13)20-12(2)10-18-19-20/h4-10H,1-3H3. The molecule has 0 saturated heterocycles. The van der Waals surface area contributed by atoms with Gasteiger partial charge in [0, 0.05) is 12.3 Å². The Kier molecular flexibility index (Phi) is 3.39. The summed E-state index contributed by atoms with van der Waals surface area (Å²) < 4.78 is 7.01. The van der Waals surface area contributed by atoms with Gasteiger partial charge in [0.05, 0.1) is 24.7 Å². The van der Waals surface area contributed by atoms with E-state index in [2.05, 4.69) is 27.4 Å². The Morgan fingerprint density at radius 1 is 1.05 bits per heavy atom. The molecule has 0 N–H and O–H groups in total. The summed E-state index contributed by atoms with van der Waals surface area (Å²) in [5, 5.41) is 7.97. The molecule has 0 aliphatic heterocycles. The molecule has 1 aromatic carbocycles. The van der Waals surface area contributed by atoms with Gasteiger partial charge in [0.25, 0.3) is 0 Å². The fourth-order valence-electron chi connectivity index (χ4n) is 2.25. The number of aromatic nitrogens is 4. The number of benzene rings is 1. The van der Waals surface area contributed by atoms with Crippen molar-refractivity contribution in [3.05, 3.63) is 54.0 Å². The molecule has 3 rings (SSSR count). The van der Waals surface area contributed by atoms with Gasteiger partial charge < -0.3 is 4.74 Å². The van der Waals surface area contributed by atoms with Crippen molar-refractivity contribution < 1.29 is 4.74 Å². The van der Waals surface area contributed by atoms with Gasteiger partial charge >= 0.3 is 0 Å². The third kappa shape index (κ3) is 2.50. The number of pyridine rings is 1. The van der Waals surface area contributed by atoms with Crippen LogP contribution in [0.1, 0.15) is 11.3 Å². The van der Waals surface area contributed by atoms with Gasteiger partial charge in [-0.25, -0.2) is 9.67 Å². The van der Waals surface area contributed by atoms with Gasteiger partial charge in [0.15, 0.2) is 0 Å². The first-order valence-corrected chi connectivity index (χ1v) is 6.68. The third-order valence-electron chi connectivity index (χ3n) is 3.43. The number of hydrogen-bond acceptors (Lipinski definition) is 4. The van der Waals surface area contributed by atoms with Crippen LogP contribution in [0.25, 0.3) is 16.8 Å². The molecule has 0 amide bonds. The van der Waals surface area contributed by atoms with Gasteiger partial charge in [0.1, 0.15) is 0 Å². The second-order valence-corrected chi connectivity index (χ2v) is 4.88. The van der Waals surface area contributed by atoms with Crippen LogP contribution in [-0.2, 0) is 0 Å². The van der Waals surface area contributed by atoms with E-state index in [1.807, 2.05) is 42.9 Å².